The Kier molecular flexibility index (Phi) is 5.90. The van der Waals surface area contributed by atoms with Crippen molar-refractivity contribution in [1.82, 2.24) is 5.32 Å². The molecule has 64 valence electrons. The molecule has 0 aromatic heterocycles. The lowest BCUT2D eigenvalue weighted by Crippen LogP contribution is -2.21. The summed E-state index contributed by atoms with van der Waals surface area (Å²) in [5.41, 5.74) is 0. The van der Waals surface area contributed by atoms with E-state index in [-0.39, 0.29) is 12.4 Å². The predicted molar refractivity (Wildman–Crippen MR) is 49.0 cm³/mol. The van der Waals surface area contributed by atoms with Crippen molar-refractivity contribution in [2.45, 2.75) is 5.78 Å². The van der Waals surface area contributed by atoms with Gasteiger partial charge in [0.25, 0.3) is 0 Å². The first-order valence-electron chi connectivity index (χ1n) is 3.23. The number of methoxy groups -OCH3 is 1. The first-order chi connectivity index (χ1) is 5.24. The van der Waals surface area contributed by atoms with Gasteiger partial charge in [-0.3, -0.25) is 0 Å². The van der Waals surface area contributed by atoms with Crippen molar-refractivity contribution in [2.24, 2.45) is 0 Å². The highest BCUT2D eigenvalue weighted by molar-refractivity contribution is 7.17. The third kappa shape index (κ3) is 4.82. The lowest BCUT2D eigenvalue weighted by molar-refractivity contribution is 0.281. The summed E-state index contributed by atoms with van der Waals surface area (Å²) in [6, 6.07) is 0. The molecule has 0 bridgehead atoms. The second-order valence-electron chi connectivity index (χ2n) is 1.91. The molecule has 3 nitrogen and oxygen atoms in total. The van der Waals surface area contributed by atoms with E-state index in [0.717, 1.165) is 0 Å². The van der Waals surface area contributed by atoms with E-state index in [4.69, 9.17) is 9.84 Å². The summed E-state index contributed by atoms with van der Waals surface area (Å²) in [6.45, 7) is 3.60. The van der Waals surface area contributed by atoms with Crippen LogP contribution in [0.15, 0.2) is 24.6 Å². The number of ether oxygens (including phenoxy) is 1. The Morgan fingerprint density at radius 3 is 2.91 bits per heavy atom. The third-order valence-electron chi connectivity index (χ3n) is 1.07. The second kappa shape index (κ2) is 6.20. The van der Waals surface area contributed by atoms with Crippen LogP contribution >= 0.6 is 9.24 Å². The molecule has 0 aromatic rings. The number of rotatable bonds is 5. The summed E-state index contributed by atoms with van der Waals surface area (Å²) in [4.78, 5) is 0. The average molecular weight is 175 g/mol. The molecule has 0 aliphatic heterocycles. The molecule has 0 aromatic carbocycles. The zero-order valence-corrected chi connectivity index (χ0v) is 7.73. The van der Waals surface area contributed by atoms with E-state index in [1.807, 2.05) is 0 Å². The van der Waals surface area contributed by atoms with Gasteiger partial charge in [0.15, 0.2) is 0 Å². The fourth-order valence-electron chi connectivity index (χ4n) is 0.443. The number of allylic oxidation sites excluding steroid dienone is 1. The van der Waals surface area contributed by atoms with Crippen LogP contribution in [0, 0.1) is 0 Å². The Bertz CT molecular complexity index is 147. The molecule has 0 fully saturated rings. The molecule has 2 N–H and O–H groups in total. The van der Waals surface area contributed by atoms with Gasteiger partial charge < -0.3 is 15.2 Å². The maximum Gasteiger partial charge on any atom is 0.133 e. The Morgan fingerprint density at radius 1 is 1.91 bits per heavy atom. The van der Waals surface area contributed by atoms with Crippen LogP contribution in [0.25, 0.3) is 0 Å². The molecule has 0 amide bonds. The topological polar surface area (TPSA) is 41.5 Å². The standard InChI is InChI=1S/C7H14NO2P/c1-3-6(10-2)4-8-7(11)5-9/h3-4,7-9H,1,5,11H2,2H3/b6-4+. The maximum atomic E-state index is 8.61. The summed E-state index contributed by atoms with van der Waals surface area (Å²) in [5.74, 6) is 0.603. The minimum Gasteiger partial charge on any atom is -0.495 e. The largest absolute Gasteiger partial charge is 0.495 e. The minimum atomic E-state index is -0.0416. The van der Waals surface area contributed by atoms with Gasteiger partial charge in [0.2, 0.25) is 0 Å². The predicted octanol–water partition coefficient (Wildman–Crippen LogP) is 0.443. The van der Waals surface area contributed by atoms with Gasteiger partial charge in [0.1, 0.15) is 5.76 Å². The van der Waals surface area contributed by atoms with Crippen LogP contribution in [0.5, 0.6) is 0 Å². The third-order valence-corrected chi connectivity index (χ3v) is 1.48. The number of hydrogen-bond acceptors (Lipinski definition) is 3. The van der Waals surface area contributed by atoms with Crippen molar-refractivity contribution < 1.29 is 9.84 Å². The molecule has 0 spiro atoms. The molecule has 2 unspecified atom stereocenters. The quantitative estimate of drug-likeness (QED) is 0.362. The van der Waals surface area contributed by atoms with Crippen molar-refractivity contribution in [2.75, 3.05) is 13.7 Å². The van der Waals surface area contributed by atoms with Gasteiger partial charge in [0.05, 0.1) is 19.5 Å². The van der Waals surface area contributed by atoms with Gasteiger partial charge in [-0.05, 0) is 6.08 Å². The Labute approximate surface area is 69.3 Å². The average Bonchev–Trinajstić information content (AvgIpc) is 2.06. The molecular formula is C7H14NO2P. The van der Waals surface area contributed by atoms with E-state index in [0.29, 0.717) is 5.76 Å². The van der Waals surface area contributed by atoms with E-state index in [1.54, 1.807) is 19.4 Å². The summed E-state index contributed by atoms with van der Waals surface area (Å²) >= 11 is 0. The normalized spacial score (nSPS) is 13.9. The van der Waals surface area contributed by atoms with Crippen LogP contribution in [0.3, 0.4) is 0 Å². The van der Waals surface area contributed by atoms with E-state index in [9.17, 15) is 0 Å². The molecule has 0 rings (SSSR count). The van der Waals surface area contributed by atoms with Gasteiger partial charge in [-0.25, -0.2) is 0 Å². The lowest BCUT2D eigenvalue weighted by Gasteiger charge is -2.08. The van der Waals surface area contributed by atoms with Crippen LogP contribution in [-0.4, -0.2) is 24.6 Å². The number of aliphatic hydroxyl groups is 1. The van der Waals surface area contributed by atoms with Crippen molar-refractivity contribution in [1.29, 1.82) is 0 Å². The zero-order valence-electron chi connectivity index (χ0n) is 6.58. The van der Waals surface area contributed by atoms with E-state index in [1.165, 1.54) is 0 Å². The fourth-order valence-corrected chi connectivity index (χ4v) is 0.539. The monoisotopic (exact) mass is 175 g/mol. The van der Waals surface area contributed by atoms with Crippen LogP contribution < -0.4 is 5.32 Å². The van der Waals surface area contributed by atoms with Gasteiger partial charge in [-0.2, -0.15) is 0 Å². The summed E-state index contributed by atoms with van der Waals surface area (Å²) in [6.07, 6.45) is 3.24. The second-order valence-corrected chi connectivity index (χ2v) is 2.72. The van der Waals surface area contributed by atoms with Gasteiger partial charge in [-0.1, -0.05) is 6.58 Å². The Balaban J connectivity index is 3.77. The molecular weight excluding hydrogens is 161 g/mol. The van der Waals surface area contributed by atoms with Crippen molar-refractivity contribution in [3.8, 4) is 0 Å². The minimum absolute atomic E-state index is 0.0416. The van der Waals surface area contributed by atoms with Gasteiger partial charge >= 0.3 is 0 Å². The van der Waals surface area contributed by atoms with E-state index >= 15 is 0 Å². The molecule has 0 aliphatic carbocycles. The SMILES string of the molecule is C=C/C(=C\NC(P)CO)OC. The Morgan fingerprint density at radius 2 is 2.55 bits per heavy atom. The summed E-state index contributed by atoms with van der Waals surface area (Å²) in [5, 5.41) is 11.5. The van der Waals surface area contributed by atoms with Crippen LogP contribution in [0.2, 0.25) is 0 Å². The smallest absolute Gasteiger partial charge is 0.133 e. The van der Waals surface area contributed by atoms with Gasteiger partial charge in [-0.15, -0.1) is 9.24 Å². The molecule has 2 atom stereocenters. The first-order valence-corrected chi connectivity index (χ1v) is 3.90. The number of aliphatic hydroxyl groups excluding tert-OH is 1. The first kappa shape index (κ1) is 10.5. The summed E-state index contributed by atoms with van der Waals surface area (Å²) in [7, 11) is 4.01. The van der Waals surface area contributed by atoms with E-state index < -0.39 is 0 Å². The molecule has 0 heterocycles. The molecule has 0 saturated carbocycles. The van der Waals surface area contributed by atoms with Crippen LogP contribution in [0.1, 0.15) is 0 Å². The molecule has 4 heteroatoms. The van der Waals surface area contributed by atoms with Crippen molar-refractivity contribution in [3.63, 3.8) is 0 Å². The van der Waals surface area contributed by atoms with E-state index in [2.05, 4.69) is 21.1 Å². The summed E-state index contributed by atoms with van der Waals surface area (Å²) < 4.78 is 4.88. The number of nitrogens with one attached hydrogen (secondary N) is 1. The van der Waals surface area contributed by atoms with Crippen LogP contribution in [0.4, 0.5) is 0 Å². The highest BCUT2D eigenvalue weighted by atomic mass is 31.0. The Hall–Kier alpha value is -0.530. The fraction of sp³-hybridized carbons (Fsp3) is 0.429. The van der Waals surface area contributed by atoms with Crippen molar-refractivity contribution >= 4 is 9.24 Å². The van der Waals surface area contributed by atoms with Crippen LogP contribution in [-0.2, 0) is 4.74 Å². The molecule has 0 radical (unpaired) electrons. The zero-order chi connectivity index (χ0) is 8.69. The lowest BCUT2D eigenvalue weighted by atomic mass is 10.5. The maximum absolute atomic E-state index is 8.61. The highest BCUT2D eigenvalue weighted by Crippen LogP contribution is 1.97. The number of hydrogen-bond donors (Lipinski definition) is 2. The molecule has 0 aliphatic rings. The molecule has 11 heavy (non-hydrogen) atoms. The van der Waals surface area contributed by atoms with Gasteiger partial charge in [0, 0.05) is 6.20 Å². The molecule has 0 saturated heterocycles. The highest BCUT2D eigenvalue weighted by Gasteiger charge is 1.94. The van der Waals surface area contributed by atoms with Crippen molar-refractivity contribution in [3.05, 3.63) is 24.6 Å².